The topological polar surface area (TPSA) is 82.2 Å². The van der Waals surface area contributed by atoms with Crippen LogP contribution in [-0.4, -0.2) is 82.3 Å². The highest BCUT2D eigenvalue weighted by molar-refractivity contribution is 7.88. The van der Waals surface area contributed by atoms with Gasteiger partial charge in [-0.2, -0.15) is 0 Å². The van der Waals surface area contributed by atoms with Crippen molar-refractivity contribution < 1.29 is 17.9 Å². The Bertz CT molecular complexity index is 800. The molecule has 8 nitrogen and oxygen atoms in total. The predicted molar refractivity (Wildman–Crippen MR) is 114 cm³/mol. The number of ether oxygens (including phenoxy) is 1. The molecular weight excluding hydrogens is 392 g/mol. The minimum absolute atomic E-state index is 0.0670. The molecule has 2 saturated heterocycles. The minimum atomic E-state index is -3.15. The number of hydrogen-bond donors (Lipinski definition) is 1. The molecule has 1 aromatic rings. The van der Waals surface area contributed by atoms with Gasteiger partial charge in [0.25, 0.3) is 0 Å². The lowest BCUT2D eigenvalue weighted by Crippen LogP contribution is -2.53. The van der Waals surface area contributed by atoms with Crippen LogP contribution in [0.5, 0.6) is 5.75 Å². The van der Waals surface area contributed by atoms with Gasteiger partial charge in [-0.1, -0.05) is 6.07 Å². The number of sulfonamides is 1. The molecule has 1 aromatic carbocycles. The number of carbonyl (C=O) groups is 1. The third kappa shape index (κ3) is 5.54. The fourth-order valence-corrected chi connectivity index (χ4v) is 4.97. The summed E-state index contributed by atoms with van der Waals surface area (Å²) < 4.78 is 30.1. The van der Waals surface area contributed by atoms with Crippen molar-refractivity contribution in [1.29, 1.82) is 0 Å². The zero-order chi connectivity index (χ0) is 21.0. The molecule has 29 heavy (non-hydrogen) atoms. The molecule has 0 aromatic heterocycles. The van der Waals surface area contributed by atoms with E-state index in [1.807, 2.05) is 25.2 Å². The van der Waals surface area contributed by atoms with Crippen LogP contribution in [-0.2, 0) is 10.0 Å². The lowest BCUT2D eigenvalue weighted by atomic mass is 10.0. The summed E-state index contributed by atoms with van der Waals surface area (Å²) in [6.07, 6.45) is 4.37. The molecule has 1 N–H and O–H groups in total. The van der Waals surface area contributed by atoms with Crippen molar-refractivity contribution >= 4 is 21.7 Å². The predicted octanol–water partition coefficient (Wildman–Crippen LogP) is 1.73. The van der Waals surface area contributed by atoms with E-state index in [0.717, 1.165) is 37.4 Å². The molecule has 2 amide bonds. The molecule has 2 aliphatic heterocycles. The van der Waals surface area contributed by atoms with Gasteiger partial charge in [0.2, 0.25) is 10.0 Å². The van der Waals surface area contributed by atoms with Crippen molar-refractivity contribution in [2.24, 2.45) is 0 Å². The molecule has 162 valence electrons. The lowest BCUT2D eigenvalue weighted by Gasteiger charge is -2.38. The van der Waals surface area contributed by atoms with Crippen LogP contribution in [0.1, 0.15) is 25.7 Å². The van der Waals surface area contributed by atoms with Gasteiger partial charge in [-0.3, -0.25) is 0 Å². The SMILES string of the molecule is COc1cccc(N2CCC(NC(=O)N(C)C3CCN(S(C)(=O)=O)CC3)CC2)c1. The summed E-state index contributed by atoms with van der Waals surface area (Å²) >= 11 is 0. The third-order valence-corrected chi connectivity index (χ3v) is 7.30. The first kappa shape index (κ1) is 21.7. The molecule has 0 atom stereocenters. The molecule has 2 fully saturated rings. The quantitative estimate of drug-likeness (QED) is 0.778. The molecule has 9 heteroatoms. The fourth-order valence-electron chi connectivity index (χ4n) is 4.09. The van der Waals surface area contributed by atoms with Gasteiger partial charge in [0.15, 0.2) is 0 Å². The average Bonchev–Trinajstić information content (AvgIpc) is 2.73. The Morgan fingerprint density at radius 3 is 2.38 bits per heavy atom. The van der Waals surface area contributed by atoms with Crippen LogP contribution in [0.3, 0.4) is 0 Å². The van der Waals surface area contributed by atoms with Crippen molar-refractivity contribution in [3.63, 3.8) is 0 Å². The maximum absolute atomic E-state index is 12.7. The van der Waals surface area contributed by atoms with Crippen molar-refractivity contribution in [2.75, 3.05) is 51.5 Å². The monoisotopic (exact) mass is 424 g/mol. The van der Waals surface area contributed by atoms with Crippen molar-refractivity contribution in [3.05, 3.63) is 24.3 Å². The summed E-state index contributed by atoms with van der Waals surface area (Å²) in [6.45, 7) is 2.71. The maximum atomic E-state index is 12.7. The van der Waals surface area contributed by atoms with Crippen molar-refractivity contribution in [2.45, 2.75) is 37.8 Å². The van der Waals surface area contributed by atoms with Crippen molar-refractivity contribution in [3.8, 4) is 5.75 Å². The number of carbonyl (C=O) groups excluding carboxylic acids is 1. The Labute approximate surface area is 173 Å². The first-order chi connectivity index (χ1) is 13.8. The molecule has 2 heterocycles. The standard InChI is InChI=1S/C20H32N4O4S/c1-22(17-9-13-24(14-10-17)29(3,26)27)20(25)21-16-7-11-23(12-8-16)18-5-4-6-19(15-18)28-2/h4-6,15-17H,7-14H2,1-3H3,(H,21,25). The first-order valence-electron chi connectivity index (χ1n) is 10.2. The van der Waals surface area contributed by atoms with Crippen molar-refractivity contribution in [1.82, 2.24) is 14.5 Å². The largest absolute Gasteiger partial charge is 0.497 e. The molecular formula is C20H32N4O4S. The third-order valence-electron chi connectivity index (χ3n) is 6.00. The molecule has 0 unspecified atom stereocenters. The van der Waals surface area contributed by atoms with E-state index >= 15 is 0 Å². The average molecular weight is 425 g/mol. The highest BCUT2D eigenvalue weighted by Gasteiger charge is 2.30. The number of urea groups is 1. The van der Waals surface area contributed by atoms with E-state index in [2.05, 4.69) is 16.3 Å². The Kier molecular flexibility index (Phi) is 6.89. The van der Waals surface area contributed by atoms with E-state index in [4.69, 9.17) is 4.74 Å². The highest BCUT2D eigenvalue weighted by atomic mass is 32.2. The number of piperidine rings is 2. The highest BCUT2D eigenvalue weighted by Crippen LogP contribution is 2.24. The first-order valence-corrected chi connectivity index (χ1v) is 12.0. The van der Waals surface area contributed by atoms with Gasteiger partial charge in [-0.15, -0.1) is 0 Å². The van der Waals surface area contributed by atoms with Crippen LogP contribution in [0.25, 0.3) is 0 Å². The normalized spacial score (nSPS) is 19.8. The number of nitrogens with zero attached hydrogens (tertiary/aromatic N) is 3. The van der Waals surface area contributed by atoms with E-state index in [9.17, 15) is 13.2 Å². The van der Waals surface area contributed by atoms with Gasteiger partial charge in [0, 0.05) is 57.1 Å². The van der Waals surface area contributed by atoms with Crippen LogP contribution >= 0.6 is 0 Å². The number of nitrogens with one attached hydrogen (secondary N) is 1. The van der Waals surface area contributed by atoms with Crippen LogP contribution in [0, 0.1) is 0 Å². The molecule has 0 saturated carbocycles. The number of rotatable bonds is 5. The number of hydrogen-bond acceptors (Lipinski definition) is 5. The molecule has 0 bridgehead atoms. The van der Waals surface area contributed by atoms with Gasteiger partial charge >= 0.3 is 6.03 Å². The van der Waals surface area contributed by atoms with Gasteiger partial charge in [-0.05, 0) is 37.8 Å². The van der Waals surface area contributed by atoms with E-state index in [0.29, 0.717) is 25.9 Å². The number of amides is 2. The summed E-state index contributed by atoms with van der Waals surface area (Å²) in [5.41, 5.74) is 1.14. The Balaban J connectivity index is 1.46. The summed E-state index contributed by atoms with van der Waals surface area (Å²) in [4.78, 5) is 16.7. The zero-order valence-corrected chi connectivity index (χ0v) is 18.3. The zero-order valence-electron chi connectivity index (χ0n) is 17.5. The van der Waals surface area contributed by atoms with E-state index in [-0.39, 0.29) is 18.1 Å². The summed E-state index contributed by atoms with van der Waals surface area (Å²) in [5.74, 6) is 0.849. The number of benzene rings is 1. The molecule has 0 radical (unpaired) electrons. The van der Waals surface area contributed by atoms with E-state index in [1.165, 1.54) is 10.6 Å². The second-order valence-electron chi connectivity index (χ2n) is 7.92. The molecule has 0 spiro atoms. The van der Waals surface area contributed by atoms with Gasteiger partial charge in [0.1, 0.15) is 5.75 Å². The second-order valence-corrected chi connectivity index (χ2v) is 9.90. The smallest absolute Gasteiger partial charge is 0.317 e. The van der Waals surface area contributed by atoms with Crippen LogP contribution in [0.4, 0.5) is 10.5 Å². The maximum Gasteiger partial charge on any atom is 0.317 e. The minimum Gasteiger partial charge on any atom is -0.497 e. The Hall–Kier alpha value is -2.00. The summed E-state index contributed by atoms with van der Waals surface area (Å²) in [5, 5.41) is 3.16. The van der Waals surface area contributed by atoms with E-state index in [1.54, 1.807) is 12.0 Å². The molecule has 0 aliphatic carbocycles. The van der Waals surface area contributed by atoms with Crippen LogP contribution in [0.2, 0.25) is 0 Å². The van der Waals surface area contributed by atoms with E-state index < -0.39 is 10.0 Å². The molecule has 2 aliphatic rings. The van der Waals surface area contributed by atoms with Gasteiger partial charge in [0.05, 0.1) is 13.4 Å². The van der Waals surface area contributed by atoms with Crippen LogP contribution in [0.15, 0.2) is 24.3 Å². The molecule has 3 rings (SSSR count). The Morgan fingerprint density at radius 1 is 1.14 bits per heavy atom. The summed E-state index contributed by atoms with van der Waals surface area (Å²) in [6, 6.07) is 8.21. The van der Waals surface area contributed by atoms with Crippen LogP contribution < -0.4 is 15.0 Å². The fraction of sp³-hybridized carbons (Fsp3) is 0.650. The van der Waals surface area contributed by atoms with Gasteiger partial charge in [-0.25, -0.2) is 17.5 Å². The van der Waals surface area contributed by atoms with Gasteiger partial charge < -0.3 is 19.9 Å². The Morgan fingerprint density at radius 2 is 1.79 bits per heavy atom. The summed E-state index contributed by atoms with van der Waals surface area (Å²) in [7, 11) is 0.327. The number of methoxy groups -OCH3 is 1. The number of anilines is 1. The second kappa shape index (κ2) is 9.21. The lowest BCUT2D eigenvalue weighted by molar-refractivity contribution is 0.159.